The summed E-state index contributed by atoms with van der Waals surface area (Å²) < 4.78 is 5.79. The Hall–Kier alpha value is 0.170. The largest absolute Gasteiger partial charge is 0.374 e. The van der Waals surface area contributed by atoms with Crippen molar-refractivity contribution in [3.8, 4) is 0 Å². The summed E-state index contributed by atoms with van der Waals surface area (Å²) in [5.74, 6) is 1.57. The standard InChI is InChI=1S/C12H23ClN2O/c1-14-6-7-16-12(9-14)10-15-4-2-11(8-13)3-5-15/h11-12H,2-10H2,1H3. The van der Waals surface area contributed by atoms with E-state index >= 15 is 0 Å². The van der Waals surface area contributed by atoms with Gasteiger partial charge in [-0.05, 0) is 38.9 Å². The quantitative estimate of drug-likeness (QED) is 0.698. The van der Waals surface area contributed by atoms with Crippen molar-refractivity contribution in [1.29, 1.82) is 0 Å². The van der Waals surface area contributed by atoms with Gasteiger partial charge in [-0.1, -0.05) is 0 Å². The SMILES string of the molecule is CN1CCOC(CN2CCC(CCl)CC2)C1. The van der Waals surface area contributed by atoms with Crippen LogP contribution in [0.4, 0.5) is 0 Å². The van der Waals surface area contributed by atoms with E-state index in [-0.39, 0.29) is 0 Å². The summed E-state index contributed by atoms with van der Waals surface area (Å²) in [4.78, 5) is 4.90. The van der Waals surface area contributed by atoms with Crippen LogP contribution in [0.15, 0.2) is 0 Å². The van der Waals surface area contributed by atoms with E-state index in [9.17, 15) is 0 Å². The molecule has 16 heavy (non-hydrogen) atoms. The van der Waals surface area contributed by atoms with Gasteiger partial charge in [0, 0.05) is 25.5 Å². The first-order chi connectivity index (χ1) is 7.78. The number of halogens is 1. The number of morpholine rings is 1. The van der Waals surface area contributed by atoms with E-state index in [2.05, 4.69) is 16.8 Å². The number of likely N-dealkylation sites (tertiary alicyclic amines) is 1. The van der Waals surface area contributed by atoms with E-state index < -0.39 is 0 Å². The zero-order valence-electron chi connectivity index (χ0n) is 10.2. The van der Waals surface area contributed by atoms with Crippen molar-refractivity contribution in [3.63, 3.8) is 0 Å². The molecule has 0 N–H and O–H groups in total. The molecule has 0 bridgehead atoms. The minimum absolute atomic E-state index is 0.409. The fourth-order valence-corrected chi connectivity index (χ4v) is 2.90. The zero-order valence-corrected chi connectivity index (χ0v) is 11.0. The average molecular weight is 247 g/mol. The molecule has 2 heterocycles. The molecule has 0 aromatic heterocycles. The zero-order chi connectivity index (χ0) is 11.4. The lowest BCUT2D eigenvalue weighted by Gasteiger charge is -2.36. The second-order valence-corrected chi connectivity index (χ2v) is 5.46. The molecule has 2 aliphatic rings. The van der Waals surface area contributed by atoms with Gasteiger partial charge in [-0.3, -0.25) is 0 Å². The van der Waals surface area contributed by atoms with Gasteiger partial charge in [0.05, 0.1) is 12.7 Å². The normalized spacial score (nSPS) is 30.8. The molecular weight excluding hydrogens is 224 g/mol. The Bertz CT molecular complexity index is 207. The molecule has 94 valence electrons. The topological polar surface area (TPSA) is 15.7 Å². The number of piperidine rings is 1. The van der Waals surface area contributed by atoms with Crippen LogP contribution in [-0.2, 0) is 4.74 Å². The van der Waals surface area contributed by atoms with Crippen LogP contribution in [0.5, 0.6) is 0 Å². The lowest BCUT2D eigenvalue weighted by molar-refractivity contribution is -0.0390. The highest BCUT2D eigenvalue weighted by Gasteiger charge is 2.23. The summed E-state index contributed by atoms with van der Waals surface area (Å²) in [6.45, 7) is 6.53. The van der Waals surface area contributed by atoms with Gasteiger partial charge in [0.25, 0.3) is 0 Å². The highest BCUT2D eigenvalue weighted by molar-refractivity contribution is 6.18. The Morgan fingerprint density at radius 3 is 2.62 bits per heavy atom. The minimum atomic E-state index is 0.409. The van der Waals surface area contributed by atoms with Crippen LogP contribution in [0, 0.1) is 5.92 Å². The van der Waals surface area contributed by atoms with Gasteiger partial charge in [0.1, 0.15) is 0 Å². The first-order valence-corrected chi connectivity index (χ1v) is 6.90. The summed E-state index contributed by atoms with van der Waals surface area (Å²) in [6, 6.07) is 0. The first kappa shape index (κ1) is 12.6. The predicted octanol–water partition coefficient (Wildman–Crippen LogP) is 1.27. The molecule has 0 aromatic carbocycles. The second-order valence-electron chi connectivity index (χ2n) is 5.15. The minimum Gasteiger partial charge on any atom is -0.374 e. The Kier molecular flexibility index (Phi) is 4.89. The molecule has 0 radical (unpaired) electrons. The average Bonchev–Trinajstić information content (AvgIpc) is 2.30. The fourth-order valence-electron chi connectivity index (χ4n) is 2.59. The monoisotopic (exact) mass is 246 g/mol. The summed E-state index contributed by atoms with van der Waals surface area (Å²) in [6.07, 6.45) is 2.92. The van der Waals surface area contributed by atoms with Gasteiger partial charge >= 0.3 is 0 Å². The number of rotatable bonds is 3. The molecule has 2 rings (SSSR count). The van der Waals surface area contributed by atoms with Gasteiger partial charge in [-0.25, -0.2) is 0 Å². The van der Waals surface area contributed by atoms with Gasteiger partial charge in [-0.2, -0.15) is 0 Å². The Labute approximate surface area is 104 Å². The predicted molar refractivity (Wildman–Crippen MR) is 67.1 cm³/mol. The third-order valence-electron chi connectivity index (χ3n) is 3.73. The van der Waals surface area contributed by atoms with Crippen LogP contribution >= 0.6 is 11.6 Å². The summed E-state index contributed by atoms with van der Waals surface area (Å²) >= 11 is 5.89. The number of ether oxygens (including phenoxy) is 1. The van der Waals surface area contributed by atoms with Gasteiger partial charge < -0.3 is 14.5 Å². The van der Waals surface area contributed by atoms with E-state index in [0.717, 1.165) is 38.0 Å². The summed E-state index contributed by atoms with van der Waals surface area (Å²) in [5, 5.41) is 0. The molecule has 4 heteroatoms. The van der Waals surface area contributed by atoms with Gasteiger partial charge in [-0.15, -0.1) is 11.6 Å². The molecule has 1 unspecified atom stereocenters. The van der Waals surface area contributed by atoms with E-state index in [4.69, 9.17) is 16.3 Å². The number of hydrogen-bond acceptors (Lipinski definition) is 3. The van der Waals surface area contributed by atoms with Crippen molar-refractivity contribution in [2.75, 3.05) is 52.3 Å². The van der Waals surface area contributed by atoms with Crippen molar-refractivity contribution in [1.82, 2.24) is 9.80 Å². The van der Waals surface area contributed by atoms with E-state index in [1.165, 1.54) is 25.9 Å². The third-order valence-corrected chi connectivity index (χ3v) is 4.17. The second kappa shape index (κ2) is 6.20. The van der Waals surface area contributed by atoms with E-state index in [1.54, 1.807) is 0 Å². The van der Waals surface area contributed by atoms with Crippen molar-refractivity contribution in [2.45, 2.75) is 18.9 Å². The highest BCUT2D eigenvalue weighted by atomic mass is 35.5. The molecule has 0 spiro atoms. The lowest BCUT2D eigenvalue weighted by atomic mass is 9.99. The molecule has 0 aliphatic carbocycles. The molecule has 0 saturated carbocycles. The van der Waals surface area contributed by atoms with Crippen LogP contribution in [0.3, 0.4) is 0 Å². The highest BCUT2D eigenvalue weighted by Crippen LogP contribution is 2.19. The van der Waals surface area contributed by atoms with Crippen LogP contribution < -0.4 is 0 Å². The summed E-state index contributed by atoms with van der Waals surface area (Å²) in [5.41, 5.74) is 0. The molecule has 2 saturated heterocycles. The Balaban J connectivity index is 1.69. The summed E-state index contributed by atoms with van der Waals surface area (Å²) in [7, 11) is 2.18. The Morgan fingerprint density at radius 2 is 2.00 bits per heavy atom. The number of alkyl halides is 1. The fraction of sp³-hybridized carbons (Fsp3) is 1.00. The molecular formula is C12H23ClN2O. The van der Waals surface area contributed by atoms with Crippen LogP contribution in [0.25, 0.3) is 0 Å². The van der Waals surface area contributed by atoms with Crippen molar-refractivity contribution < 1.29 is 4.74 Å². The van der Waals surface area contributed by atoms with Crippen LogP contribution in [-0.4, -0.2) is 68.2 Å². The number of hydrogen-bond donors (Lipinski definition) is 0. The molecule has 3 nitrogen and oxygen atoms in total. The van der Waals surface area contributed by atoms with E-state index in [1.807, 2.05) is 0 Å². The number of likely N-dealkylation sites (N-methyl/N-ethyl adjacent to an activating group) is 1. The lowest BCUT2D eigenvalue weighted by Crippen LogP contribution is -2.47. The maximum absolute atomic E-state index is 5.89. The number of nitrogens with zero attached hydrogens (tertiary/aromatic N) is 2. The Morgan fingerprint density at radius 1 is 1.25 bits per heavy atom. The third kappa shape index (κ3) is 3.59. The molecule has 2 aliphatic heterocycles. The first-order valence-electron chi connectivity index (χ1n) is 6.36. The van der Waals surface area contributed by atoms with Gasteiger partial charge in [0.15, 0.2) is 0 Å². The molecule has 1 atom stereocenters. The van der Waals surface area contributed by atoms with E-state index in [0.29, 0.717) is 6.10 Å². The molecule has 0 amide bonds. The van der Waals surface area contributed by atoms with Crippen molar-refractivity contribution in [3.05, 3.63) is 0 Å². The maximum atomic E-state index is 5.89. The molecule has 2 fully saturated rings. The smallest absolute Gasteiger partial charge is 0.0829 e. The maximum Gasteiger partial charge on any atom is 0.0829 e. The van der Waals surface area contributed by atoms with Crippen LogP contribution in [0.1, 0.15) is 12.8 Å². The van der Waals surface area contributed by atoms with Gasteiger partial charge in [0.2, 0.25) is 0 Å². The van der Waals surface area contributed by atoms with Crippen molar-refractivity contribution >= 4 is 11.6 Å². The molecule has 0 aromatic rings. The van der Waals surface area contributed by atoms with Crippen LogP contribution in [0.2, 0.25) is 0 Å². The van der Waals surface area contributed by atoms with Crippen molar-refractivity contribution in [2.24, 2.45) is 5.92 Å².